The van der Waals surface area contributed by atoms with E-state index in [1.54, 1.807) is 33.8 Å². The molecule has 0 saturated carbocycles. The molecule has 0 aromatic carbocycles. The summed E-state index contributed by atoms with van der Waals surface area (Å²) in [6, 6.07) is 0.583. The van der Waals surface area contributed by atoms with Crippen LogP contribution in [-0.4, -0.2) is 72.3 Å². The third-order valence-electron chi connectivity index (χ3n) is 4.19. The number of carbonyl (C=O) groups is 4. The average molecular weight is 453 g/mol. The number of carbonyl (C=O) groups excluding carboxylic acids is 4. The van der Waals surface area contributed by atoms with Gasteiger partial charge in [0, 0.05) is 11.8 Å². The van der Waals surface area contributed by atoms with Crippen molar-refractivity contribution in [2.45, 2.75) is 33.7 Å². The van der Waals surface area contributed by atoms with E-state index >= 15 is 0 Å². The van der Waals surface area contributed by atoms with E-state index in [9.17, 15) is 19.2 Å². The molecule has 32 heavy (non-hydrogen) atoms. The lowest BCUT2D eigenvalue weighted by molar-refractivity contribution is 0.0342. The zero-order chi connectivity index (χ0) is 23.7. The van der Waals surface area contributed by atoms with E-state index in [2.05, 4.69) is 10.4 Å². The standard InChI is InChI=1S/C19H27N5O8/c1-5-29-16(25)21-23(18(27)31-7-3)15-12-22(17(26)30-6-2)24(19(28)32-8-4)14-11-20-10-9-13(14)15/h9-11,15H,5-8,12H2,1-4H3,(H,21,25). The van der Waals surface area contributed by atoms with Crippen molar-refractivity contribution in [2.75, 3.05) is 38.0 Å². The lowest BCUT2D eigenvalue weighted by Gasteiger charge is -2.43. The highest BCUT2D eigenvalue weighted by atomic mass is 16.6. The third-order valence-corrected chi connectivity index (χ3v) is 4.19. The lowest BCUT2D eigenvalue weighted by atomic mass is 10.0. The molecule has 176 valence electrons. The van der Waals surface area contributed by atoms with Gasteiger partial charge in [0.25, 0.3) is 0 Å². The number of nitrogens with zero attached hydrogens (tertiary/aromatic N) is 4. The summed E-state index contributed by atoms with van der Waals surface area (Å²) < 4.78 is 20.1. The molecule has 0 spiro atoms. The number of fused-ring (bicyclic) bond motifs is 1. The van der Waals surface area contributed by atoms with E-state index in [0.717, 1.165) is 15.0 Å². The van der Waals surface area contributed by atoms with Crippen molar-refractivity contribution in [1.82, 2.24) is 20.4 Å². The highest BCUT2D eigenvalue weighted by Crippen LogP contribution is 2.36. The van der Waals surface area contributed by atoms with E-state index < -0.39 is 30.4 Å². The fourth-order valence-corrected chi connectivity index (χ4v) is 2.99. The van der Waals surface area contributed by atoms with Gasteiger partial charge in [0.05, 0.1) is 44.9 Å². The molecule has 0 aliphatic carbocycles. The molecule has 1 N–H and O–H groups in total. The molecule has 1 atom stereocenters. The number of rotatable bonds is 5. The molecule has 4 amide bonds. The Hall–Kier alpha value is -3.77. The van der Waals surface area contributed by atoms with Crippen LogP contribution in [0.25, 0.3) is 0 Å². The van der Waals surface area contributed by atoms with E-state index in [0.29, 0.717) is 5.56 Å². The fraction of sp³-hybridized carbons (Fsp3) is 0.526. The number of anilines is 1. The van der Waals surface area contributed by atoms with Crippen molar-refractivity contribution >= 4 is 30.1 Å². The second kappa shape index (κ2) is 11.6. The van der Waals surface area contributed by atoms with E-state index in [4.69, 9.17) is 18.9 Å². The normalized spacial score (nSPS) is 14.7. The zero-order valence-corrected chi connectivity index (χ0v) is 18.4. The van der Waals surface area contributed by atoms with E-state index in [1.807, 2.05) is 0 Å². The molecule has 0 bridgehead atoms. The maximum absolute atomic E-state index is 12.7. The first-order chi connectivity index (χ1) is 15.4. The molecule has 0 fully saturated rings. The van der Waals surface area contributed by atoms with Gasteiger partial charge in [0.15, 0.2) is 0 Å². The summed E-state index contributed by atoms with van der Waals surface area (Å²) in [4.78, 5) is 54.2. The molecular formula is C19H27N5O8. The Kier molecular flexibility index (Phi) is 8.86. The molecule has 1 aliphatic rings. The lowest BCUT2D eigenvalue weighted by Crippen LogP contribution is -2.60. The van der Waals surface area contributed by atoms with Crippen molar-refractivity contribution in [3.63, 3.8) is 0 Å². The quantitative estimate of drug-likeness (QED) is 0.526. The van der Waals surface area contributed by atoms with Crippen LogP contribution < -0.4 is 10.4 Å². The van der Waals surface area contributed by atoms with Gasteiger partial charge >= 0.3 is 24.4 Å². The molecule has 0 saturated heterocycles. The highest BCUT2D eigenvalue weighted by molar-refractivity contribution is 5.92. The Balaban J connectivity index is 2.57. The van der Waals surface area contributed by atoms with Crippen LogP contribution in [-0.2, 0) is 18.9 Å². The number of hydrogen-bond acceptors (Lipinski definition) is 9. The van der Waals surface area contributed by atoms with Crippen LogP contribution in [0.15, 0.2) is 18.5 Å². The first-order valence-electron chi connectivity index (χ1n) is 10.1. The van der Waals surface area contributed by atoms with Crippen LogP contribution in [0.5, 0.6) is 0 Å². The summed E-state index contributed by atoms with van der Waals surface area (Å²) in [5.74, 6) is 0. The summed E-state index contributed by atoms with van der Waals surface area (Å²) in [5.41, 5.74) is 2.90. The van der Waals surface area contributed by atoms with Crippen LogP contribution in [0, 0.1) is 0 Å². The smallest absolute Gasteiger partial charge is 0.433 e. The average Bonchev–Trinajstić information content (AvgIpc) is 2.77. The fourth-order valence-electron chi connectivity index (χ4n) is 2.99. The Morgan fingerprint density at radius 3 is 2.25 bits per heavy atom. The van der Waals surface area contributed by atoms with Gasteiger partial charge in [-0.15, -0.1) is 0 Å². The SMILES string of the molecule is CCOC(=O)NN(C(=O)OCC)C1CN(C(=O)OCC)N(C(=O)OCC)c2cnccc21. The van der Waals surface area contributed by atoms with Gasteiger partial charge in [0.2, 0.25) is 0 Å². The van der Waals surface area contributed by atoms with Crippen molar-refractivity contribution in [3.05, 3.63) is 24.0 Å². The molecular weight excluding hydrogens is 426 g/mol. The van der Waals surface area contributed by atoms with E-state index in [1.165, 1.54) is 12.4 Å². The monoisotopic (exact) mass is 453 g/mol. The Bertz CT molecular complexity index is 836. The second-order valence-electron chi connectivity index (χ2n) is 6.14. The number of hydrogen-bond donors (Lipinski definition) is 1. The molecule has 2 heterocycles. The van der Waals surface area contributed by atoms with Gasteiger partial charge < -0.3 is 18.9 Å². The predicted molar refractivity (Wildman–Crippen MR) is 109 cm³/mol. The topological polar surface area (TPSA) is 140 Å². The minimum atomic E-state index is -0.966. The van der Waals surface area contributed by atoms with E-state index in [-0.39, 0.29) is 38.7 Å². The summed E-state index contributed by atoms with van der Waals surface area (Å²) >= 11 is 0. The first-order valence-corrected chi connectivity index (χ1v) is 10.1. The minimum Gasteiger partial charge on any atom is -0.449 e. The van der Waals surface area contributed by atoms with Crippen molar-refractivity contribution in [1.29, 1.82) is 0 Å². The molecule has 13 heteroatoms. The van der Waals surface area contributed by atoms with Gasteiger partial charge in [-0.1, -0.05) is 0 Å². The van der Waals surface area contributed by atoms with Crippen LogP contribution in [0.1, 0.15) is 39.3 Å². The molecule has 13 nitrogen and oxygen atoms in total. The van der Waals surface area contributed by atoms with Crippen molar-refractivity contribution < 1.29 is 38.1 Å². The number of ether oxygens (including phenoxy) is 4. The largest absolute Gasteiger partial charge is 0.449 e. The van der Waals surface area contributed by atoms with Gasteiger partial charge in [-0.25, -0.2) is 34.6 Å². The number of amides is 4. The molecule has 2 rings (SSSR count). The van der Waals surface area contributed by atoms with Gasteiger partial charge in [-0.3, -0.25) is 4.98 Å². The number of pyridine rings is 1. The summed E-state index contributed by atoms with van der Waals surface area (Å²) in [6.45, 7) is 6.38. The number of aromatic nitrogens is 1. The predicted octanol–water partition coefficient (Wildman–Crippen LogP) is 2.59. The van der Waals surface area contributed by atoms with Crippen LogP contribution in [0.2, 0.25) is 0 Å². The Morgan fingerprint density at radius 1 is 1.00 bits per heavy atom. The summed E-state index contributed by atoms with van der Waals surface area (Å²) in [7, 11) is 0. The minimum absolute atomic E-state index is 0.0340. The van der Waals surface area contributed by atoms with Crippen molar-refractivity contribution in [2.24, 2.45) is 0 Å². The number of nitrogens with one attached hydrogen (secondary N) is 1. The van der Waals surface area contributed by atoms with Crippen molar-refractivity contribution in [3.8, 4) is 0 Å². The van der Waals surface area contributed by atoms with Crippen LogP contribution in [0.3, 0.4) is 0 Å². The van der Waals surface area contributed by atoms with Crippen LogP contribution in [0.4, 0.5) is 24.9 Å². The Labute approximate surface area is 185 Å². The summed E-state index contributed by atoms with van der Waals surface area (Å²) in [6.07, 6.45) is -0.705. The maximum Gasteiger partial charge on any atom is 0.433 e. The maximum atomic E-state index is 12.7. The molecule has 1 unspecified atom stereocenters. The second-order valence-corrected chi connectivity index (χ2v) is 6.14. The van der Waals surface area contributed by atoms with Crippen LogP contribution >= 0.6 is 0 Å². The number of hydrazine groups is 2. The van der Waals surface area contributed by atoms with Gasteiger partial charge in [0.1, 0.15) is 6.04 Å². The van der Waals surface area contributed by atoms with Gasteiger partial charge in [-0.2, -0.15) is 5.01 Å². The third kappa shape index (κ3) is 5.47. The zero-order valence-electron chi connectivity index (χ0n) is 18.4. The highest BCUT2D eigenvalue weighted by Gasteiger charge is 2.43. The van der Waals surface area contributed by atoms with Gasteiger partial charge in [-0.05, 0) is 33.8 Å². The molecule has 0 radical (unpaired) electrons. The molecule has 1 aromatic heterocycles. The first kappa shape index (κ1) is 24.5. The molecule has 1 aromatic rings. The molecule has 1 aliphatic heterocycles. The summed E-state index contributed by atoms with van der Waals surface area (Å²) in [5, 5.41) is 2.85. The Morgan fingerprint density at radius 2 is 1.62 bits per heavy atom.